The van der Waals surface area contributed by atoms with E-state index >= 15 is 0 Å². The molecular weight excluding hydrogens is 240 g/mol. The third-order valence-corrected chi connectivity index (χ3v) is 6.10. The molecule has 0 rings (SSSR count). The fraction of sp³-hybridized carbons (Fsp3) is 1.00. The minimum atomic E-state index is -3.03. The molecule has 0 aromatic heterocycles. The quantitative estimate of drug-likeness (QED) is 0.519. The minimum absolute atomic E-state index is 0.302. The van der Waals surface area contributed by atoms with Crippen LogP contribution < -0.4 is 0 Å². The largest absolute Gasteiger partial charge is 0.218 e. The Labute approximate surface area is 80.1 Å². The first-order chi connectivity index (χ1) is 5.21. The highest BCUT2D eigenvalue weighted by Crippen LogP contribution is 2.15. The molecule has 0 fully saturated rings. The summed E-state index contributed by atoms with van der Waals surface area (Å²) in [5.74, 6) is 0.604. The van der Waals surface area contributed by atoms with Crippen LogP contribution in [0.5, 0.6) is 0 Å². The van der Waals surface area contributed by atoms with Crippen molar-refractivity contribution in [3.05, 3.63) is 0 Å². The molecular formula is C4H10O4S4. The van der Waals surface area contributed by atoms with Gasteiger partial charge in [-0.25, -0.2) is 16.8 Å². The van der Waals surface area contributed by atoms with E-state index in [2.05, 4.69) is 0 Å². The van der Waals surface area contributed by atoms with Crippen molar-refractivity contribution in [1.82, 2.24) is 0 Å². The van der Waals surface area contributed by atoms with E-state index in [-0.39, 0.29) is 0 Å². The molecule has 0 bridgehead atoms. The first kappa shape index (κ1) is 12.6. The van der Waals surface area contributed by atoms with Crippen LogP contribution >= 0.6 is 21.6 Å². The lowest BCUT2D eigenvalue weighted by Gasteiger charge is -1.96. The summed E-state index contributed by atoms with van der Waals surface area (Å²) in [7, 11) is -4.54. The standard InChI is InChI=1S/C4H10O4S4/c1-11(5,6)9-3-4-10-12(2,7)8/h3-4H2,1-2H3. The van der Waals surface area contributed by atoms with Gasteiger partial charge in [0, 0.05) is 24.0 Å². The number of rotatable bonds is 5. The fourth-order valence-electron chi connectivity index (χ4n) is 0.371. The Morgan fingerprint density at radius 3 is 1.25 bits per heavy atom. The van der Waals surface area contributed by atoms with Gasteiger partial charge in [-0.05, 0) is 21.6 Å². The average Bonchev–Trinajstić information content (AvgIpc) is 1.76. The van der Waals surface area contributed by atoms with Crippen molar-refractivity contribution in [1.29, 1.82) is 0 Å². The smallest absolute Gasteiger partial charge is 0.198 e. The van der Waals surface area contributed by atoms with Gasteiger partial charge in [-0.3, -0.25) is 0 Å². The number of hydrogen-bond acceptors (Lipinski definition) is 6. The summed E-state index contributed by atoms with van der Waals surface area (Å²) in [4.78, 5) is 0. The molecule has 0 amide bonds. The number of hydrogen-bond donors (Lipinski definition) is 0. The summed E-state index contributed by atoms with van der Waals surface area (Å²) in [5, 5.41) is 0. The molecule has 0 unspecified atom stereocenters. The minimum Gasteiger partial charge on any atom is -0.218 e. The van der Waals surface area contributed by atoms with Gasteiger partial charge in [0.1, 0.15) is 0 Å². The Balaban J connectivity index is 3.62. The molecule has 4 nitrogen and oxygen atoms in total. The van der Waals surface area contributed by atoms with Crippen molar-refractivity contribution < 1.29 is 16.8 Å². The molecule has 74 valence electrons. The summed E-state index contributed by atoms with van der Waals surface area (Å²) in [6.45, 7) is 0. The Hall–Kier alpha value is 0.600. The van der Waals surface area contributed by atoms with Gasteiger partial charge < -0.3 is 0 Å². The lowest BCUT2D eigenvalue weighted by Crippen LogP contribution is -1.96. The van der Waals surface area contributed by atoms with Crippen molar-refractivity contribution in [2.45, 2.75) is 0 Å². The highest BCUT2D eigenvalue weighted by Gasteiger charge is 2.05. The van der Waals surface area contributed by atoms with Crippen LogP contribution in [-0.2, 0) is 17.7 Å². The Morgan fingerprint density at radius 1 is 0.833 bits per heavy atom. The maximum atomic E-state index is 10.6. The summed E-state index contributed by atoms with van der Waals surface area (Å²) in [6, 6.07) is 0. The second kappa shape index (κ2) is 4.73. The van der Waals surface area contributed by atoms with Crippen LogP contribution in [0.1, 0.15) is 0 Å². The molecule has 0 saturated carbocycles. The predicted octanol–water partition coefficient (Wildman–Crippen LogP) is 0.372. The van der Waals surface area contributed by atoms with E-state index in [0.29, 0.717) is 11.5 Å². The zero-order chi connectivity index (χ0) is 9.83. The molecule has 0 radical (unpaired) electrons. The maximum absolute atomic E-state index is 10.6. The van der Waals surface area contributed by atoms with Gasteiger partial charge in [-0.1, -0.05) is 0 Å². The third-order valence-electron chi connectivity index (χ3n) is 0.678. The highest BCUT2D eigenvalue weighted by atomic mass is 33.1. The molecule has 0 atom stereocenters. The first-order valence-corrected chi connectivity index (χ1v) is 9.68. The average molecular weight is 250 g/mol. The molecule has 0 N–H and O–H groups in total. The van der Waals surface area contributed by atoms with Crippen LogP contribution in [0.4, 0.5) is 0 Å². The van der Waals surface area contributed by atoms with Crippen LogP contribution in [0.15, 0.2) is 0 Å². The molecule has 0 aliphatic carbocycles. The zero-order valence-corrected chi connectivity index (χ0v) is 9.95. The Morgan fingerprint density at radius 2 is 1.08 bits per heavy atom. The van der Waals surface area contributed by atoms with Crippen LogP contribution in [0.25, 0.3) is 0 Å². The van der Waals surface area contributed by atoms with Crippen molar-refractivity contribution >= 4 is 39.3 Å². The molecule has 0 aliphatic rings. The van der Waals surface area contributed by atoms with Crippen LogP contribution in [0.2, 0.25) is 0 Å². The molecule has 0 aliphatic heterocycles. The Kier molecular flexibility index (Phi) is 4.97. The molecule has 0 spiro atoms. The zero-order valence-electron chi connectivity index (χ0n) is 6.68. The summed E-state index contributed by atoms with van der Waals surface area (Å²) in [6.07, 6.45) is 2.20. The molecule has 0 heterocycles. The summed E-state index contributed by atoms with van der Waals surface area (Å²) >= 11 is 0. The normalized spacial score (nSPS) is 13.2. The van der Waals surface area contributed by atoms with E-state index in [4.69, 9.17) is 0 Å². The van der Waals surface area contributed by atoms with Gasteiger partial charge in [0.2, 0.25) is 0 Å². The van der Waals surface area contributed by atoms with E-state index < -0.39 is 17.7 Å². The van der Waals surface area contributed by atoms with Gasteiger partial charge in [-0.15, -0.1) is 0 Å². The van der Waals surface area contributed by atoms with Gasteiger partial charge in [0.15, 0.2) is 17.7 Å². The molecule has 0 aromatic carbocycles. The van der Waals surface area contributed by atoms with E-state index in [1.165, 1.54) is 0 Å². The highest BCUT2D eigenvalue weighted by molar-refractivity contribution is 8.73. The van der Waals surface area contributed by atoms with Crippen molar-refractivity contribution in [2.24, 2.45) is 0 Å². The fourth-order valence-corrected chi connectivity index (χ4v) is 4.56. The van der Waals surface area contributed by atoms with Crippen LogP contribution in [-0.4, -0.2) is 40.9 Å². The lowest BCUT2D eigenvalue weighted by atomic mass is 11.0. The third kappa shape index (κ3) is 10.6. The topological polar surface area (TPSA) is 68.3 Å². The second-order valence-corrected chi connectivity index (χ2v) is 11.2. The van der Waals surface area contributed by atoms with Gasteiger partial charge >= 0.3 is 0 Å². The van der Waals surface area contributed by atoms with Crippen molar-refractivity contribution in [2.75, 3.05) is 24.0 Å². The SMILES string of the molecule is CS(=O)(=O)SCCSS(C)(=O)=O. The first-order valence-electron chi connectivity index (χ1n) is 2.89. The Bertz CT molecular complexity index is 279. The van der Waals surface area contributed by atoms with Crippen LogP contribution in [0.3, 0.4) is 0 Å². The van der Waals surface area contributed by atoms with Gasteiger partial charge in [-0.2, -0.15) is 0 Å². The lowest BCUT2D eigenvalue weighted by molar-refractivity contribution is 0.613. The molecule has 0 aromatic rings. The molecule has 8 heteroatoms. The summed E-state index contributed by atoms with van der Waals surface area (Å²) < 4.78 is 42.2. The molecule has 0 saturated heterocycles. The molecule has 12 heavy (non-hydrogen) atoms. The second-order valence-electron chi connectivity index (χ2n) is 2.05. The van der Waals surface area contributed by atoms with Gasteiger partial charge in [0.25, 0.3) is 0 Å². The van der Waals surface area contributed by atoms with E-state index in [9.17, 15) is 16.8 Å². The van der Waals surface area contributed by atoms with E-state index in [0.717, 1.165) is 34.1 Å². The summed E-state index contributed by atoms with van der Waals surface area (Å²) in [5.41, 5.74) is 0. The monoisotopic (exact) mass is 250 g/mol. The van der Waals surface area contributed by atoms with Crippen molar-refractivity contribution in [3.8, 4) is 0 Å². The maximum Gasteiger partial charge on any atom is 0.198 e. The van der Waals surface area contributed by atoms with Crippen LogP contribution in [0, 0.1) is 0 Å². The van der Waals surface area contributed by atoms with Crippen molar-refractivity contribution in [3.63, 3.8) is 0 Å². The predicted molar refractivity (Wildman–Crippen MR) is 54.6 cm³/mol. The van der Waals surface area contributed by atoms with E-state index in [1.54, 1.807) is 0 Å². The van der Waals surface area contributed by atoms with E-state index in [1.807, 2.05) is 0 Å². The van der Waals surface area contributed by atoms with Gasteiger partial charge in [0.05, 0.1) is 0 Å².